The summed E-state index contributed by atoms with van der Waals surface area (Å²) in [6, 6.07) is 6.26. The summed E-state index contributed by atoms with van der Waals surface area (Å²) in [7, 11) is 0. The molecule has 5 nitrogen and oxygen atoms in total. The van der Waals surface area contributed by atoms with Crippen molar-refractivity contribution in [3.8, 4) is 0 Å². The van der Waals surface area contributed by atoms with Crippen molar-refractivity contribution in [3.63, 3.8) is 0 Å². The molecule has 3 rings (SSSR count). The van der Waals surface area contributed by atoms with Crippen molar-refractivity contribution in [2.45, 2.75) is 19.9 Å². The van der Waals surface area contributed by atoms with Crippen molar-refractivity contribution in [2.24, 2.45) is 0 Å². The van der Waals surface area contributed by atoms with Gasteiger partial charge in [0.05, 0.1) is 23.6 Å². The number of carbonyl (C=O) groups excluding carboxylic acids is 1. The van der Waals surface area contributed by atoms with Crippen molar-refractivity contribution in [3.05, 3.63) is 52.5 Å². The van der Waals surface area contributed by atoms with Gasteiger partial charge in [-0.15, -0.1) is 0 Å². The van der Waals surface area contributed by atoms with E-state index in [2.05, 4.69) is 31.3 Å². The highest BCUT2D eigenvalue weighted by atomic mass is 79.9. The molecule has 0 aliphatic carbocycles. The maximum Gasteiger partial charge on any atom is 0.258 e. The van der Waals surface area contributed by atoms with Gasteiger partial charge in [-0.2, -0.15) is 5.10 Å². The Morgan fingerprint density at radius 2 is 2.09 bits per heavy atom. The number of nitrogens with zero attached hydrogens (tertiary/aromatic N) is 3. The number of pyridine rings is 1. The van der Waals surface area contributed by atoms with Gasteiger partial charge in [-0.05, 0) is 38.1 Å². The monoisotopic (exact) mass is 376 g/mol. The van der Waals surface area contributed by atoms with Gasteiger partial charge in [0.1, 0.15) is 5.82 Å². The molecule has 0 aliphatic heterocycles. The largest absolute Gasteiger partial charge is 0.320 e. The molecule has 0 atom stereocenters. The second kappa shape index (κ2) is 6.08. The zero-order valence-corrected chi connectivity index (χ0v) is 14.1. The third-order valence-corrected chi connectivity index (χ3v) is 3.85. The average Bonchev–Trinajstić information content (AvgIpc) is 2.90. The Labute approximate surface area is 140 Å². The van der Waals surface area contributed by atoms with Crippen LogP contribution in [-0.2, 0) is 0 Å². The molecule has 2 heterocycles. The van der Waals surface area contributed by atoms with E-state index in [0.717, 1.165) is 11.0 Å². The van der Waals surface area contributed by atoms with Gasteiger partial charge in [0, 0.05) is 15.9 Å². The van der Waals surface area contributed by atoms with E-state index in [4.69, 9.17) is 0 Å². The first-order chi connectivity index (χ1) is 11.0. The van der Waals surface area contributed by atoms with Gasteiger partial charge in [-0.3, -0.25) is 4.79 Å². The summed E-state index contributed by atoms with van der Waals surface area (Å²) in [5.74, 6) is -1.11. The smallest absolute Gasteiger partial charge is 0.258 e. The van der Waals surface area contributed by atoms with Crippen LogP contribution in [0.5, 0.6) is 0 Å². The summed E-state index contributed by atoms with van der Waals surface area (Å²) in [6.07, 6.45) is 3.23. The van der Waals surface area contributed by atoms with Crippen LogP contribution in [-0.4, -0.2) is 20.7 Å². The summed E-state index contributed by atoms with van der Waals surface area (Å²) in [5, 5.41) is 7.74. The van der Waals surface area contributed by atoms with E-state index in [1.807, 2.05) is 13.8 Å². The fourth-order valence-corrected chi connectivity index (χ4v) is 2.59. The number of carbonyl (C=O) groups is 1. The Balaban J connectivity index is 1.88. The summed E-state index contributed by atoms with van der Waals surface area (Å²) < 4.78 is 16.2. The van der Waals surface area contributed by atoms with Gasteiger partial charge in [0.2, 0.25) is 0 Å². The van der Waals surface area contributed by atoms with E-state index in [1.165, 1.54) is 18.3 Å². The molecule has 23 heavy (non-hydrogen) atoms. The molecule has 7 heteroatoms. The maximum absolute atomic E-state index is 13.8. The normalized spacial score (nSPS) is 11.2. The number of aromatic nitrogens is 3. The lowest BCUT2D eigenvalue weighted by atomic mass is 10.2. The minimum absolute atomic E-state index is 0.0221. The minimum atomic E-state index is -0.585. The molecule has 0 aliphatic rings. The average molecular weight is 377 g/mol. The van der Waals surface area contributed by atoms with Gasteiger partial charge < -0.3 is 5.32 Å². The molecule has 0 radical (unpaired) electrons. The number of hydrogen-bond acceptors (Lipinski definition) is 3. The molecule has 0 unspecified atom stereocenters. The summed E-state index contributed by atoms with van der Waals surface area (Å²) in [5.41, 5.74) is 1.21. The summed E-state index contributed by atoms with van der Waals surface area (Å²) in [6.45, 7) is 4.03. The molecule has 1 N–H and O–H groups in total. The number of halogens is 2. The lowest BCUT2D eigenvalue weighted by molar-refractivity contribution is 0.102. The Morgan fingerprint density at radius 3 is 2.78 bits per heavy atom. The van der Waals surface area contributed by atoms with E-state index in [-0.39, 0.29) is 11.6 Å². The molecule has 2 aromatic heterocycles. The van der Waals surface area contributed by atoms with Crippen LogP contribution in [0.25, 0.3) is 11.0 Å². The van der Waals surface area contributed by atoms with E-state index >= 15 is 0 Å². The highest BCUT2D eigenvalue weighted by molar-refractivity contribution is 9.10. The lowest BCUT2D eigenvalue weighted by Gasteiger charge is -2.08. The molecule has 0 bridgehead atoms. The number of nitrogens with one attached hydrogen (secondary N) is 1. The second-order valence-corrected chi connectivity index (χ2v) is 6.31. The Bertz CT molecular complexity index is 891. The zero-order chi connectivity index (χ0) is 16.6. The Hall–Kier alpha value is -2.28. The zero-order valence-electron chi connectivity index (χ0n) is 12.5. The Morgan fingerprint density at radius 1 is 1.30 bits per heavy atom. The van der Waals surface area contributed by atoms with E-state index < -0.39 is 11.7 Å². The number of rotatable bonds is 3. The van der Waals surface area contributed by atoms with Crippen molar-refractivity contribution in [1.82, 2.24) is 14.8 Å². The fraction of sp³-hybridized carbons (Fsp3) is 0.188. The summed E-state index contributed by atoms with van der Waals surface area (Å²) in [4.78, 5) is 16.5. The van der Waals surface area contributed by atoms with Gasteiger partial charge >= 0.3 is 0 Å². The standard InChI is InChI=1S/C16H14BrFN4O/c1-9(2)22-15-10(7-20-22)5-12(8-19-15)21-16(23)13-4-3-11(17)6-14(13)18/h3-9H,1-2H3,(H,21,23). The van der Waals surface area contributed by atoms with Gasteiger partial charge in [0.25, 0.3) is 5.91 Å². The molecule has 118 valence electrons. The highest BCUT2D eigenvalue weighted by Gasteiger charge is 2.13. The van der Waals surface area contributed by atoms with Crippen LogP contribution in [0.3, 0.4) is 0 Å². The van der Waals surface area contributed by atoms with Gasteiger partial charge in [-0.25, -0.2) is 14.1 Å². The topological polar surface area (TPSA) is 59.8 Å². The second-order valence-electron chi connectivity index (χ2n) is 5.40. The molecular formula is C16H14BrFN4O. The summed E-state index contributed by atoms with van der Waals surface area (Å²) >= 11 is 3.16. The molecule has 0 saturated carbocycles. The third kappa shape index (κ3) is 3.10. The van der Waals surface area contributed by atoms with Crippen molar-refractivity contribution >= 4 is 38.6 Å². The Kier molecular flexibility index (Phi) is 4.12. The van der Waals surface area contributed by atoms with Crippen LogP contribution in [0.4, 0.5) is 10.1 Å². The lowest BCUT2D eigenvalue weighted by Crippen LogP contribution is -2.14. The number of benzene rings is 1. The van der Waals surface area contributed by atoms with Crippen LogP contribution < -0.4 is 5.32 Å². The molecule has 1 aromatic carbocycles. The van der Waals surface area contributed by atoms with Crippen molar-refractivity contribution < 1.29 is 9.18 Å². The fourth-order valence-electron chi connectivity index (χ4n) is 2.26. The third-order valence-electron chi connectivity index (χ3n) is 3.36. The molecule has 1 amide bonds. The van der Waals surface area contributed by atoms with Crippen LogP contribution in [0.1, 0.15) is 30.2 Å². The highest BCUT2D eigenvalue weighted by Crippen LogP contribution is 2.21. The first kappa shape index (κ1) is 15.6. The van der Waals surface area contributed by atoms with Crippen LogP contribution in [0.2, 0.25) is 0 Å². The first-order valence-electron chi connectivity index (χ1n) is 7.05. The van der Waals surface area contributed by atoms with Crippen LogP contribution in [0.15, 0.2) is 41.1 Å². The molecule has 0 saturated heterocycles. The predicted molar refractivity (Wildman–Crippen MR) is 90.0 cm³/mol. The number of fused-ring (bicyclic) bond motifs is 1. The van der Waals surface area contributed by atoms with Crippen LogP contribution >= 0.6 is 15.9 Å². The van der Waals surface area contributed by atoms with Crippen LogP contribution in [0, 0.1) is 5.82 Å². The van der Waals surface area contributed by atoms with E-state index in [0.29, 0.717) is 10.2 Å². The molecule has 0 fully saturated rings. The minimum Gasteiger partial charge on any atom is -0.320 e. The first-order valence-corrected chi connectivity index (χ1v) is 7.84. The van der Waals surface area contributed by atoms with Gasteiger partial charge in [0.15, 0.2) is 5.65 Å². The maximum atomic E-state index is 13.8. The SMILES string of the molecule is CC(C)n1ncc2cc(NC(=O)c3ccc(Br)cc3F)cnc21. The van der Waals surface area contributed by atoms with Crippen molar-refractivity contribution in [2.75, 3.05) is 5.32 Å². The van der Waals surface area contributed by atoms with E-state index in [1.54, 1.807) is 23.0 Å². The number of hydrogen-bond donors (Lipinski definition) is 1. The molecule has 3 aromatic rings. The number of amides is 1. The molecular weight excluding hydrogens is 363 g/mol. The number of anilines is 1. The van der Waals surface area contributed by atoms with Gasteiger partial charge in [-0.1, -0.05) is 15.9 Å². The molecule has 0 spiro atoms. The quantitative estimate of drug-likeness (QED) is 0.746. The van der Waals surface area contributed by atoms with Crippen molar-refractivity contribution in [1.29, 1.82) is 0 Å². The van der Waals surface area contributed by atoms with E-state index in [9.17, 15) is 9.18 Å². The predicted octanol–water partition coefficient (Wildman–Crippen LogP) is 4.17.